The summed E-state index contributed by atoms with van der Waals surface area (Å²) in [5.41, 5.74) is 1.50. The van der Waals surface area contributed by atoms with Crippen LogP contribution in [-0.2, 0) is 4.79 Å². The van der Waals surface area contributed by atoms with Crippen molar-refractivity contribution in [3.63, 3.8) is 0 Å². The van der Waals surface area contributed by atoms with Crippen molar-refractivity contribution in [3.8, 4) is 0 Å². The normalized spacial score (nSPS) is 17.5. The molecule has 0 saturated carbocycles. The van der Waals surface area contributed by atoms with Crippen LogP contribution in [0.5, 0.6) is 0 Å². The van der Waals surface area contributed by atoms with Crippen LogP contribution in [0.25, 0.3) is 10.2 Å². The van der Waals surface area contributed by atoms with E-state index in [-0.39, 0.29) is 16.8 Å². The summed E-state index contributed by atoms with van der Waals surface area (Å²) in [7, 11) is 0. The summed E-state index contributed by atoms with van der Waals surface area (Å²) >= 11 is 7.43. The second kappa shape index (κ2) is 7.21. The van der Waals surface area contributed by atoms with Crippen LogP contribution in [0.4, 0.5) is 15.2 Å². The Hall–Kier alpha value is -2.18. The molecule has 0 aliphatic carbocycles. The Morgan fingerprint density at radius 3 is 2.96 bits per heavy atom. The minimum absolute atomic E-state index is 0.00236. The van der Waals surface area contributed by atoms with Crippen LogP contribution in [0, 0.1) is 11.7 Å². The lowest BCUT2D eigenvalue weighted by molar-refractivity contribution is -0.120. The van der Waals surface area contributed by atoms with Crippen LogP contribution in [0.2, 0.25) is 5.02 Å². The van der Waals surface area contributed by atoms with Gasteiger partial charge in [0.2, 0.25) is 5.91 Å². The molecule has 0 radical (unpaired) electrons. The lowest BCUT2D eigenvalue weighted by Gasteiger charge is -2.31. The van der Waals surface area contributed by atoms with Gasteiger partial charge >= 0.3 is 0 Å². The van der Waals surface area contributed by atoms with Crippen molar-refractivity contribution < 1.29 is 9.18 Å². The average Bonchev–Trinajstić information content (AvgIpc) is 3.09. The van der Waals surface area contributed by atoms with Crippen molar-refractivity contribution in [2.45, 2.75) is 12.8 Å². The fourth-order valence-corrected chi connectivity index (χ4v) is 4.36. The van der Waals surface area contributed by atoms with Gasteiger partial charge in [0.25, 0.3) is 0 Å². The van der Waals surface area contributed by atoms with Gasteiger partial charge in [-0.05, 0) is 43.2 Å². The molecule has 1 N–H and O–H groups in total. The van der Waals surface area contributed by atoms with Gasteiger partial charge in [0.05, 0.1) is 21.2 Å². The summed E-state index contributed by atoms with van der Waals surface area (Å²) in [5, 5.41) is 3.80. The van der Waals surface area contributed by atoms with Gasteiger partial charge in [0, 0.05) is 18.8 Å². The molecule has 1 atom stereocenters. The molecule has 1 aromatic heterocycles. The average molecular weight is 390 g/mol. The first-order valence-electron chi connectivity index (χ1n) is 8.46. The van der Waals surface area contributed by atoms with Crippen LogP contribution in [0.3, 0.4) is 0 Å². The molecule has 0 spiro atoms. The highest BCUT2D eigenvalue weighted by Gasteiger charge is 2.27. The van der Waals surface area contributed by atoms with Gasteiger partial charge in [0.15, 0.2) is 5.13 Å². The Labute approximate surface area is 159 Å². The molecule has 1 aliphatic heterocycles. The summed E-state index contributed by atoms with van der Waals surface area (Å²) in [6.07, 6.45) is 1.75. The third kappa shape index (κ3) is 3.52. The van der Waals surface area contributed by atoms with Crippen LogP contribution in [0.1, 0.15) is 12.8 Å². The zero-order chi connectivity index (χ0) is 18.1. The van der Waals surface area contributed by atoms with Gasteiger partial charge in [-0.15, -0.1) is 0 Å². The quantitative estimate of drug-likeness (QED) is 0.689. The van der Waals surface area contributed by atoms with Crippen LogP contribution < -0.4 is 10.2 Å². The maximum absolute atomic E-state index is 13.3. The molecular formula is C19H17ClFN3OS. The zero-order valence-corrected chi connectivity index (χ0v) is 15.5. The topological polar surface area (TPSA) is 45.2 Å². The molecule has 2 aromatic carbocycles. The maximum atomic E-state index is 13.3. The number of halogens is 2. The van der Waals surface area contributed by atoms with Crippen molar-refractivity contribution in [1.29, 1.82) is 0 Å². The summed E-state index contributed by atoms with van der Waals surface area (Å²) in [6.45, 7) is 1.52. The van der Waals surface area contributed by atoms with Crippen LogP contribution >= 0.6 is 22.9 Å². The van der Waals surface area contributed by atoms with Gasteiger partial charge in [0.1, 0.15) is 5.82 Å². The smallest absolute Gasteiger partial charge is 0.229 e. The number of nitrogens with one attached hydrogen (secondary N) is 1. The molecule has 4 rings (SSSR count). The minimum atomic E-state index is -0.496. The lowest BCUT2D eigenvalue weighted by Crippen LogP contribution is -2.40. The molecule has 7 heteroatoms. The summed E-state index contributed by atoms with van der Waals surface area (Å²) < 4.78 is 14.4. The van der Waals surface area contributed by atoms with Crippen molar-refractivity contribution in [3.05, 3.63) is 53.3 Å². The molecule has 26 heavy (non-hydrogen) atoms. The first-order valence-corrected chi connectivity index (χ1v) is 9.66. The summed E-state index contributed by atoms with van der Waals surface area (Å²) in [5.74, 6) is -0.706. The third-order valence-corrected chi connectivity index (χ3v) is 5.92. The molecule has 1 fully saturated rings. The highest BCUT2D eigenvalue weighted by molar-refractivity contribution is 7.22. The number of fused-ring (bicyclic) bond motifs is 1. The predicted molar refractivity (Wildman–Crippen MR) is 105 cm³/mol. The van der Waals surface area contributed by atoms with Gasteiger partial charge in [-0.25, -0.2) is 9.37 Å². The standard InChI is InChI=1S/C19H17ClFN3OS/c20-14-10-13(7-8-15(14)21)22-18(25)12-4-3-9-24(11-12)19-23-16-5-1-2-6-17(16)26-19/h1-2,5-8,10,12H,3-4,9,11H2,(H,22,25). The van der Waals surface area contributed by atoms with Crippen molar-refractivity contribution in [2.24, 2.45) is 5.92 Å². The predicted octanol–water partition coefficient (Wildman–Crippen LogP) is 4.94. The number of carbonyl (C=O) groups is 1. The number of thiazole rings is 1. The van der Waals surface area contributed by atoms with Crippen LogP contribution in [0.15, 0.2) is 42.5 Å². The number of rotatable bonds is 3. The second-order valence-corrected chi connectivity index (χ2v) is 7.78. The van der Waals surface area contributed by atoms with Gasteiger partial charge in [-0.2, -0.15) is 0 Å². The van der Waals surface area contributed by atoms with Crippen molar-refractivity contribution in [1.82, 2.24) is 4.98 Å². The van der Waals surface area contributed by atoms with E-state index in [1.807, 2.05) is 18.2 Å². The van der Waals surface area contributed by atoms with Gasteiger partial charge in [-0.3, -0.25) is 4.79 Å². The number of anilines is 2. The fourth-order valence-electron chi connectivity index (χ4n) is 3.18. The number of hydrogen-bond acceptors (Lipinski definition) is 4. The van der Waals surface area contributed by atoms with Crippen LogP contribution in [-0.4, -0.2) is 24.0 Å². The molecule has 4 nitrogen and oxygen atoms in total. The molecule has 2 heterocycles. The monoisotopic (exact) mass is 389 g/mol. The Morgan fingerprint density at radius 1 is 1.31 bits per heavy atom. The first-order chi connectivity index (χ1) is 12.6. The largest absolute Gasteiger partial charge is 0.347 e. The molecule has 1 amide bonds. The van der Waals surface area contributed by atoms with Crippen molar-refractivity contribution in [2.75, 3.05) is 23.3 Å². The minimum Gasteiger partial charge on any atom is -0.347 e. The third-order valence-electron chi connectivity index (χ3n) is 4.53. The highest BCUT2D eigenvalue weighted by Crippen LogP contribution is 2.31. The number of aromatic nitrogens is 1. The van der Waals surface area contributed by atoms with E-state index in [2.05, 4.69) is 21.3 Å². The Kier molecular flexibility index (Phi) is 4.78. The van der Waals surface area contributed by atoms with E-state index in [0.29, 0.717) is 12.2 Å². The van der Waals surface area contributed by atoms with Gasteiger partial charge in [-0.1, -0.05) is 35.1 Å². The first kappa shape index (κ1) is 17.2. The molecule has 1 unspecified atom stereocenters. The van der Waals surface area contributed by atoms with Gasteiger partial charge < -0.3 is 10.2 Å². The SMILES string of the molecule is O=C(Nc1ccc(F)c(Cl)c1)C1CCCN(c2nc3ccccc3s2)C1. The number of amides is 1. The highest BCUT2D eigenvalue weighted by atomic mass is 35.5. The second-order valence-electron chi connectivity index (χ2n) is 6.37. The number of benzene rings is 2. The zero-order valence-electron chi connectivity index (χ0n) is 13.9. The van der Waals surface area contributed by atoms with E-state index >= 15 is 0 Å². The summed E-state index contributed by atoms with van der Waals surface area (Å²) in [6, 6.07) is 12.3. The number of para-hydroxylation sites is 1. The number of carbonyl (C=O) groups excluding carboxylic acids is 1. The molecule has 1 saturated heterocycles. The van der Waals surface area contributed by atoms with E-state index < -0.39 is 5.82 Å². The molecular weight excluding hydrogens is 373 g/mol. The summed E-state index contributed by atoms with van der Waals surface area (Å²) in [4.78, 5) is 19.5. The Balaban J connectivity index is 1.47. The number of hydrogen-bond donors (Lipinski definition) is 1. The van der Waals surface area contributed by atoms with E-state index in [1.54, 1.807) is 11.3 Å². The van der Waals surface area contributed by atoms with E-state index in [0.717, 1.165) is 34.7 Å². The number of piperidine rings is 1. The lowest BCUT2D eigenvalue weighted by atomic mass is 9.97. The Morgan fingerprint density at radius 2 is 2.15 bits per heavy atom. The van der Waals surface area contributed by atoms with E-state index in [9.17, 15) is 9.18 Å². The van der Waals surface area contributed by atoms with Crippen molar-refractivity contribution >= 4 is 49.9 Å². The molecule has 0 bridgehead atoms. The number of nitrogens with zero attached hydrogens (tertiary/aromatic N) is 2. The Bertz CT molecular complexity index is 928. The molecule has 1 aliphatic rings. The fraction of sp³-hybridized carbons (Fsp3) is 0.263. The maximum Gasteiger partial charge on any atom is 0.229 e. The molecule has 134 valence electrons. The van der Waals surface area contributed by atoms with E-state index in [4.69, 9.17) is 11.6 Å². The van der Waals surface area contributed by atoms with E-state index in [1.165, 1.54) is 18.2 Å². The molecule has 3 aromatic rings.